The lowest BCUT2D eigenvalue weighted by molar-refractivity contribution is -0.137. The van der Waals surface area contributed by atoms with Gasteiger partial charge in [0.15, 0.2) is 6.61 Å². The lowest BCUT2D eigenvalue weighted by Crippen LogP contribution is -2.43. The third-order valence-electron chi connectivity index (χ3n) is 3.95. The van der Waals surface area contributed by atoms with Gasteiger partial charge in [0, 0.05) is 13.2 Å². The maximum absolute atomic E-state index is 12.5. The smallest absolute Gasteiger partial charge is 0.323 e. The Morgan fingerprint density at radius 2 is 2.04 bits per heavy atom. The van der Waals surface area contributed by atoms with E-state index >= 15 is 0 Å². The predicted molar refractivity (Wildman–Crippen MR) is 95.1 cm³/mol. The highest BCUT2D eigenvalue weighted by atomic mass is 32.2. The van der Waals surface area contributed by atoms with E-state index in [0.29, 0.717) is 0 Å². The van der Waals surface area contributed by atoms with Crippen LogP contribution in [-0.2, 0) is 26.7 Å². The number of amides is 2. The van der Waals surface area contributed by atoms with Gasteiger partial charge in [-0.25, -0.2) is 8.42 Å². The summed E-state index contributed by atoms with van der Waals surface area (Å²) in [7, 11) is -2.57. The molecule has 0 aliphatic carbocycles. The van der Waals surface area contributed by atoms with Gasteiger partial charge in [-0.1, -0.05) is 0 Å². The largest absolute Gasteiger partial charge is 0.482 e. The van der Waals surface area contributed by atoms with E-state index in [-0.39, 0.29) is 28.6 Å². The Hall–Kier alpha value is -3.38. The molecular weight excluding hydrogens is 392 g/mol. The van der Waals surface area contributed by atoms with E-state index < -0.39 is 34.4 Å². The zero-order valence-corrected chi connectivity index (χ0v) is 15.4. The second-order valence-electron chi connectivity index (χ2n) is 5.86. The summed E-state index contributed by atoms with van der Waals surface area (Å²) in [4.78, 5) is 37.6. The zero-order valence-electron chi connectivity index (χ0n) is 14.6. The van der Waals surface area contributed by atoms with E-state index in [2.05, 4.69) is 5.43 Å². The summed E-state index contributed by atoms with van der Waals surface area (Å²) in [5.74, 6) is -2.37. The van der Waals surface area contributed by atoms with E-state index in [1.807, 2.05) is 4.83 Å². The Bertz CT molecular complexity index is 1060. The SMILES string of the molecule is Cn1cccc1C(=O)NNS(=O)(=O)c1ccc2c(c1)N(CC(=O)O)C(=O)CO2. The van der Waals surface area contributed by atoms with Crippen molar-refractivity contribution in [2.75, 3.05) is 18.1 Å². The fraction of sp³-hybridized carbons (Fsp3) is 0.188. The van der Waals surface area contributed by atoms with Crippen molar-refractivity contribution in [3.63, 3.8) is 0 Å². The predicted octanol–water partition coefficient (Wildman–Crippen LogP) is -0.542. The molecule has 1 aliphatic rings. The minimum atomic E-state index is -4.19. The van der Waals surface area contributed by atoms with Crippen LogP contribution in [0.25, 0.3) is 0 Å². The number of carbonyl (C=O) groups excluding carboxylic acids is 2. The number of nitrogens with one attached hydrogen (secondary N) is 2. The number of rotatable bonds is 6. The number of sulfonamides is 1. The molecule has 0 saturated heterocycles. The topological polar surface area (TPSA) is 147 Å². The molecule has 2 heterocycles. The highest BCUT2D eigenvalue weighted by Crippen LogP contribution is 2.34. The lowest BCUT2D eigenvalue weighted by atomic mass is 10.2. The first-order valence-electron chi connectivity index (χ1n) is 7.91. The number of hydrogen-bond donors (Lipinski definition) is 3. The van der Waals surface area contributed by atoms with Gasteiger partial charge in [-0.2, -0.15) is 0 Å². The van der Waals surface area contributed by atoms with Crippen LogP contribution in [0, 0.1) is 0 Å². The Kier molecular flexibility index (Phi) is 5.07. The number of aliphatic carboxylic acids is 1. The molecule has 0 unspecified atom stereocenters. The van der Waals surface area contributed by atoms with Gasteiger partial charge in [0.05, 0.1) is 10.6 Å². The Morgan fingerprint density at radius 3 is 2.68 bits per heavy atom. The molecule has 28 heavy (non-hydrogen) atoms. The van der Waals surface area contributed by atoms with Crippen LogP contribution < -0.4 is 19.9 Å². The van der Waals surface area contributed by atoms with Crippen LogP contribution >= 0.6 is 0 Å². The molecule has 0 spiro atoms. The minimum Gasteiger partial charge on any atom is -0.482 e. The number of aromatic nitrogens is 1. The Balaban J connectivity index is 1.84. The summed E-state index contributed by atoms with van der Waals surface area (Å²) in [6, 6.07) is 6.76. The highest BCUT2D eigenvalue weighted by molar-refractivity contribution is 7.89. The third kappa shape index (κ3) is 3.82. The van der Waals surface area contributed by atoms with E-state index in [1.54, 1.807) is 19.3 Å². The molecule has 11 nitrogen and oxygen atoms in total. The second-order valence-corrected chi connectivity index (χ2v) is 7.54. The fourth-order valence-corrected chi connectivity index (χ4v) is 3.45. The van der Waals surface area contributed by atoms with Crippen molar-refractivity contribution in [1.82, 2.24) is 14.8 Å². The van der Waals surface area contributed by atoms with E-state index in [4.69, 9.17) is 9.84 Å². The number of nitrogens with zero attached hydrogens (tertiary/aromatic N) is 2. The second kappa shape index (κ2) is 7.32. The summed E-state index contributed by atoms with van der Waals surface area (Å²) in [6.07, 6.45) is 1.63. The van der Waals surface area contributed by atoms with Crippen LogP contribution in [-0.4, -0.2) is 49.0 Å². The normalized spacial score (nSPS) is 13.6. The summed E-state index contributed by atoms with van der Waals surface area (Å²) in [6.45, 7) is -0.992. The van der Waals surface area contributed by atoms with Crippen molar-refractivity contribution in [2.24, 2.45) is 7.05 Å². The van der Waals surface area contributed by atoms with Crippen LogP contribution in [0.1, 0.15) is 10.5 Å². The van der Waals surface area contributed by atoms with Crippen LogP contribution in [0.2, 0.25) is 0 Å². The van der Waals surface area contributed by atoms with Gasteiger partial charge in [-0.05, 0) is 30.3 Å². The number of hydrazine groups is 1. The number of aryl methyl sites for hydroxylation is 1. The number of carboxylic acids is 1. The number of hydrogen-bond acceptors (Lipinski definition) is 6. The van der Waals surface area contributed by atoms with Crippen LogP contribution in [0.5, 0.6) is 5.75 Å². The molecule has 1 aromatic heterocycles. The van der Waals surface area contributed by atoms with Crippen molar-refractivity contribution in [2.45, 2.75) is 4.90 Å². The number of benzene rings is 1. The molecular formula is C16H16N4O7S. The van der Waals surface area contributed by atoms with Crippen LogP contribution in [0.15, 0.2) is 41.4 Å². The van der Waals surface area contributed by atoms with Gasteiger partial charge in [0.1, 0.15) is 18.0 Å². The average molecular weight is 408 g/mol. The first kappa shape index (κ1) is 19.4. The van der Waals surface area contributed by atoms with Crippen LogP contribution in [0.4, 0.5) is 5.69 Å². The molecule has 0 bridgehead atoms. The molecule has 0 fully saturated rings. The Morgan fingerprint density at radius 1 is 1.29 bits per heavy atom. The molecule has 1 aromatic carbocycles. The summed E-state index contributed by atoms with van der Waals surface area (Å²) in [5.41, 5.74) is 2.34. The molecule has 2 aromatic rings. The quantitative estimate of drug-likeness (QED) is 0.544. The van der Waals surface area contributed by atoms with Gasteiger partial charge in [0.2, 0.25) is 0 Å². The van der Waals surface area contributed by atoms with Crippen LogP contribution in [0.3, 0.4) is 0 Å². The molecule has 0 saturated carbocycles. The van der Waals surface area contributed by atoms with Gasteiger partial charge in [-0.3, -0.25) is 24.7 Å². The molecule has 1 aliphatic heterocycles. The maximum Gasteiger partial charge on any atom is 0.323 e. The van der Waals surface area contributed by atoms with Crippen molar-refractivity contribution in [1.29, 1.82) is 0 Å². The van der Waals surface area contributed by atoms with Gasteiger partial charge >= 0.3 is 5.97 Å². The standard InChI is InChI=1S/C16H16N4O7S/c1-19-6-2-3-11(19)16(24)17-18-28(25,26)10-4-5-13-12(7-10)20(8-15(22)23)14(21)9-27-13/h2-7,18H,8-9H2,1H3,(H,17,24)(H,22,23). The monoisotopic (exact) mass is 408 g/mol. The number of anilines is 1. The van der Waals surface area contributed by atoms with Crippen molar-refractivity contribution in [3.05, 3.63) is 42.2 Å². The highest BCUT2D eigenvalue weighted by Gasteiger charge is 2.29. The maximum atomic E-state index is 12.5. The number of carbonyl (C=O) groups is 3. The molecule has 0 radical (unpaired) electrons. The molecule has 2 amide bonds. The van der Waals surface area contributed by atoms with Gasteiger partial charge in [-0.15, -0.1) is 4.83 Å². The van der Waals surface area contributed by atoms with Crippen molar-refractivity contribution < 1.29 is 32.6 Å². The molecule has 0 atom stereocenters. The average Bonchev–Trinajstić information content (AvgIpc) is 3.07. The molecule has 3 rings (SSSR count). The molecule has 3 N–H and O–H groups in total. The molecule has 12 heteroatoms. The molecule has 148 valence electrons. The number of ether oxygens (including phenoxy) is 1. The number of fused-ring (bicyclic) bond motifs is 1. The first-order valence-corrected chi connectivity index (χ1v) is 9.40. The van der Waals surface area contributed by atoms with Crippen molar-refractivity contribution >= 4 is 33.5 Å². The van der Waals surface area contributed by atoms with E-state index in [0.717, 1.165) is 11.0 Å². The van der Waals surface area contributed by atoms with E-state index in [9.17, 15) is 22.8 Å². The first-order chi connectivity index (χ1) is 13.2. The van der Waals surface area contributed by atoms with E-state index in [1.165, 1.54) is 22.8 Å². The van der Waals surface area contributed by atoms with Gasteiger partial charge < -0.3 is 14.4 Å². The minimum absolute atomic E-state index is 0.00952. The Labute approximate surface area is 159 Å². The van der Waals surface area contributed by atoms with Crippen molar-refractivity contribution in [3.8, 4) is 5.75 Å². The lowest BCUT2D eigenvalue weighted by Gasteiger charge is -2.28. The third-order valence-corrected chi connectivity index (χ3v) is 5.20. The summed E-state index contributed by atoms with van der Waals surface area (Å²) in [5, 5.41) is 8.98. The number of carboxylic acid groups (broad SMARTS) is 1. The van der Waals surface area contributed by atoms with Gasteiger partial charge in [0.25, 0.3) is 21.8 Å². The fourth-order valence-electron chi connectivity index (χ4n) is 2.59. The summed E-state index contributed by atoms with van der Waals surface area (Å²) >= 11 is 0. The zero-order chi connectivity index (χ0) is 20.5. The summed E-state index contributed by atoms with van der Waals surface area (Å²) < 4.78 is 31.7.